The van der Waals surface area contributed by atoms with E-state index in [1.807, 2.05) is 68.6 Å². The van der Waals surface area contributed by atoms with E-state index in [1.54, 1.807) is 77.3 Å². The van der Waals surface area contributed by atoms with Crippen molar-refractivity contribution in [1.29, 1.82) is 0 Å². The number of carbonyl (C=O) groups excluding carboxylic acids is 8. The number of hydrogen-bond acceptors (Lipinski definition) is 17. The van der Waals surface area contributed by atoms with Crippen LogP contribution in [0.15, 0.2) is 98.4 Å². The van der Waals surface area contributed by atoms with Gasteiger partial charge in [0.15, 0.2) is 16.6 Å². The van der Waals surface area contributed by atoms with E-state index in [-0.39, 0.29) is 34.7 Å². The van der Waals surface area contributed by atoms with Crippen LogP contribution in [-0.4, -0.2) is 161 Å². The highest BCUT2D eigenvalue weighted by atomic mass is 35.6. The molecule has 4 heterocycles. The van der Waals surface area contributed by atoms with Crippen molar-refractivity contribution in [2.45, 2.75) is 236 Å². The molecule has 2 saturated heterocycles. The number of aliphatic hydroxyl groups is 1. The molecule has 2 fully saturated rings. The summed E-state index contributed by atoms with van der Waals surface area (Å²) in [4.78, 5) is 113. The van der Waals surface area contributed by atoms with Gasteiger partial charge in [-0.05, 0) is 176 Å². The van der Waals surface area contributed by atoms with Crippen molar-refractivity contribution in [3.05, 3.63) is 121 Å². The number of fused-ring (bicyclic) bond motifs is 2. The summed E-state index contributed by atoms with van der Waals surface area (Å²) in [7, 11) is -4.57. The van der Waals surface area contributed by atoms with E-state index in [0.717, 1.165) is 44.1 Å². The third-order valence-corrected chi connectivity index (χ3v) is 27.8. The van der Waals surface area contributed by atoms with Crippen LogP contribution in [0, 0.1) is 0 Å². The molecule has 2 aliphatic heterocycles. The lowest BCUT2D eigenvalue weighted by Crippen LogP contribution is -2.62. The van der Waals surface area contributed by atoms with Crippen molar-refractivity contribution in [3.63, 3.8) is 0 Å². The van der Waals surface area contributed by atoms with Crippen LogP contribution >= 0.6 is 34.8 Å². The summed E-state index contributed by atoms with van der Waals surface area (Å²) in [6.07, 6.45) is 13.9. The lowest BCUT2D eigenvalue weighted by Gasteiger charge is -2.40. The number of halogens is 3. The van der Waals surface area contributed by atoms with Gasteiger partial charge in [-0.3, -0.25) is 58.3 Å². The van der Waals surface area contributed by atoms with Gasteiger partial charge in [0.2, 0.25) is 27.4 Å². The fourth-order valence-electron chi connectivity index (χ4n) is 10.2. The molecule has 0 saturated carbocycles. The molecule has 102 heavy (non-hydrogen) atoms. The smallest absolute Gasteiger partial charge is 0.325 e. The van der Waals surface area contributed by atoms with Crippen LogP contribution in [0.4, 0.5) is 0 Å². The standard InChI is InChI=1S/C36H53N5O6Si.C25H43Cl3N4O6Si.C13H13NO/c1-11-13-16-31(42)39-32(25(5)47-48(9,10)36(6,7)8)33(43)38-23(3)34(44)41-19-14-15-30(40-41)35(45)46-24(4)26-17-18-27-22-37-29(12-2)21-28(27)20-26;1-9-10-13-19(33)30-20(17(3)38-39(7,8)24(4,5)6)21(34)29-16(2)22(35)32-14-11-12-18(31-32)23(36)37-15-25(26,27)28;1-3-13-7-12-6-10(9(2)15)4-5-11(12)8-14-13/h11-13,17-18,20-25,30,32,40H,2,14-16,19H2,1,3-10H3,(H,38,43)(H,39,42);9-10,16-18,20,31H,11-15H2,1-8H3,(H,29,34)(H,30,33);3-9,15H,1H2,2H3/b13-11+;10-9+;/t23-,24+,25+,30-,32-;16-,17+,18-,20-;9-/m001/s1. The number of esters is 2. The highest BCUT2D eigenvalue weighted by Gasteiger charge is 2.44. The summed E-state index contributed by atoms with van der Waals surface area (Å²) < 4.78 is 22.0. The molecule has 0 unspecified atom stereocenters. The van der Waals surface area contributed by atoms with E-state index < -0.39 is 123 Å². The first kappa shape index (κ1) is 87.5. The lowest BCUT2D eigenvalue weighted by atomic mass is 10.0. The van der Waals surface area contributed by atoms with Gasteiger partial charge < -0.3 is 44.7 Å². The van der Waals surface area contributed by atoms with E-state index in [0.29, 0.717) is 38.8 Å². The topological polar surface area (TPSA) is 298 Å². The predicted molar refractivity (Wildman–Crippen MR) is 409 cm³/mol. The first-order chi connectivity index (χ1) is 47.5. The lowest BCUT2D eigenvalue weighted by molar-refractivity contribution is -0.157. The Morgan fingerprint density at radius 1 is 0.608 bits per heavy atom. The van der Waals surface area contributed by atoms with Gasteiger partial charge >= 0.3 is 11.9 Å². The van der Waals surface area contributed by atoms with E-state index in [2.05, 4.69) is 123 Å². The van der Waals surface area contributed by atoms with Gasteiger partial charge in [-0.25, -0.2) is 10.9 Å². The van der Waals surface area contributed by atoms with E-state index >= 15 is 0 Å². The normalized spacial score (nSPS) is 17.7. The number of aliphatic hydroxyl groups excluding tert-OH is 1. The number of aromatic nitrogens is 2. The molecule has 23 nitrogen and oxygen atoms in total. The largest absolute Gasteiger partial charge is 0.460 e. The number of amides is 6. The third kappa shape index (κ3) is 27.0. The number of benzene rings is 2. The first-order valence-corrected chi connectivity index (χ1v) is 41.5. The van der Waals surface area contributed by atoms with Gasteiger partial charge in [-0.15, -0.1) is 0 Å². The Kier molecular flexibility index (Phi) is 33.7. The van der Waals surface area contributed by atoms with Crippen molar-refractivity contribution in [2.24, 2.45) is 0 Å². The first-order valence-electron chi connectivity index (χ1n) is 34.6. The van der Waals surface area contributed by atoms with Crippen molar-refractivity contribution < 1.29 is 61.8 Å². The number of rotatable bonds is 26. The van der Waals surface area contributed by atoms with Crippen LogP contribution in [0.5, 0.6) is 0 Å². The second-order valence-electron chi connectivity index (χ2n) is 28.7. The maximum absolute atomic E-state index is 13.6. The Balaban J connectivity index is 0.000000363. The summed E-state index contributed by atoms with van der Waals surface area (Å²) in [5.41, 5.74) is 9.19. The van der Waals surface area contributed by atoms with E-state index in [4.69, 9.17) is 53.1 Å². The highest BCUT2D eigenvalue weighted by Crippen LogP contribution is 2.39. The Morgan fingerprint density at radius 2 is 1.00 bits per heavy atom. The predicted octanol–water partition coefficient (Wildman–Crippen LogP) is 12.0. The fraction of sp³-hybridized carbons (Fsp3) is 0.541. The van der Waals surface area contributed by atoms with E-state index in [9.17, 15) is 43.5 Å². The Labute approximate surface area is 619 Å². The number of pyridine rings is 2. The molecule has 2 aromatic carbocycles. The summed E-state index contributed by atoms with van der Waals surface area (Å²) in [5, 5.41) is 27.0. The van der Waals surface area contributed by atoms with Gasteiger partial charge in [0, 0.05) is 49.1 Å². The summed E-state index contributed by atoms with van der Waals surface area (Å²) >= 11 is 16.9. The SMILES string of the molecule is C/C=C/CC(=O)N[C@H](C(=O)N[C@@H](C)C(=O)N1CCC[C@@H](C(=O)OCC(Cl)(Cl)Cl)N1)[C@@H](C)O[Si](C)(C)C(C)(C)C.C=Cc1cc2cc([C@@H](C)O)ccc2cn1.C=Cc1cc2cc([C@@H](C)OC(=O)[C@@H]3CCCN(C(=O)[C@H](C)NC(=O)[C@@H](NC(=O)C/C=C/C)[C@@H](C)O[Si](C)(C)C(C)(C)C)N3)ccc2cn1. The molecule has 4 aromatic rings. The molecule has 2 aliphatic rings. The monoisotopic (exact) mass is 1510 g/mol. The van der Waals surface area contributed by atoms with Gasteiger partial charge in [0.25, 0.3) is 11.8 Å². The third-order valence-electron chi connectivity index (χ3n) is 18.3. The molecule has 6 rings (SSSR count). The number of alkyl halides is 3. The molecule has 0 spiro atoms. The minimum Gasteiger partial charge on any atom is -0.460 e. The number of hydrazine groups is 2. The molecule has 10 atom stereocenters. The van der Waals surface area contributed by atoms with Crippen molar-refractivity contribution in [3.8, 4) is 0 Å². The molecule has 562 valence electrons. The Morgan fingerprint density at radius 3 is 1.37 bits per heavy atom. The molecule has 0 aliphatic carbocycles. The number of ether oxygens (including phenoxy) is 2. The zero-order valence-electron chi connectivity index (χ0n) is 62.6. The van der Waals surface area contributed by atoms with Gasteiger partial charge in [0.05, 0.1) is 29.7 Å². The number of hydrogen-bond donors (Lipinski definition) is 7. The Bertz CT molecular complexity index is 3630. The zero-order valence-corrected chi connectivity index (χ0v) is 66.8. The second-order valence-corrected chi connectivity index (χ2v) is 40.7. The summed E-state index contributed by atoms with van der Waals surface area (Å²) in [6, 6.07) is 10.1. The highest BCUT2D eigenvalue weighted by molar-refractivity contribution is 6.74. The molecular weight excluding hydrogens is 1400 g/mol. The maximum atomic E-state index is 13.6. The maximum Gasteiger partial charge on any atom is 0.325 e. The van der Waals surface area contributed by atoms with Crippen LogP contribution < -0.4 is 32.1 Å². The van der Waals surface area contributed by atoms with Gasteiger partial charge in [-0.1, -0.05) is 138 Å². The fourth-order valence-corrected chi connectivity index (χ4v) is 13.2. The molecule has 2 aromatic heterocycles. The zero-order chi connectivity index (χ0) is 76.8. The molecule has 7 N–H and O–H groups in total. The molecule has 0 bridgehead atoms. The van der Waals surface area contributed by atoms with Crippen LogP contribution in [-0.2, 0) is 56.7 Å². The number of allylic oxidation sites excluding steroid dienone is 2. The molecule has 28 heteroatoms. The quantitative estimate of drug-likeness (QED) is 0.0133. The number of nitrogens with one attached hydrogen (secondary N) is 6. The number of nitrogens with zero attached hydrogens (tertiary/aromatic N) is 4. The molecular formula is C74H109Cl3N10O13Si2. The average Bonchev–Trinajstić information content (AvgIpc) is 0.828. The molecule has 6 amide bonds. The van der Waals surface area contributed by atoms with E-state index in [1.165, 1.54) is 16.9 Å². The minimum absolute atomic E-state index is 0.106. The van der Waals surface area contributed by atoms with Gasteiger partial charge in [-0.2, -0.15) is 0 Å². The molecule has 0 radical (unpaired) electrons. The Hall–Kier alpha value is -6.92. The van der Waals surface area contributed by atoms with Crippen molar-refractivity contribution in [2.75, 3.05) is 19.7 Å². The van der Waals surface area contributed by atoms with Crippen molar-refractivity contribution in [1.82, 2.24) is 52.1 Å². The minimum atomic E-state index is -2.29. The van der Waals surface area contributed by atoms with Gasteiger partial charge in [0.1, 0.15) is 49.0 Å². The van der Waals surface area contributed by atoms with Crippen molar-refractivity contribution >= 4 is 133 Å². The second kappa shape index (κ2) is 39.3. The average molecular weight is 1510 g/mol. The van der Waals surface area contributed by atoms with Crippen LogP contribution in [0.1, 0.15) is 170 Å². The summed E-state index contributed by atoms with van der Waals surface area (Å²) in [5.74, 6) is -3.74. The van der Waals surface area contributed by atoms with Crippen LogP contribution in [0.25, 0.3) is 33.7 Å². The number of carbonyl (C=O) groups is 8. The van der Waals surface area contributed by atoms with Crippen LogP contribution in [0.2, 0.25) is 36.3 Å². The van der Waals surface area contributed by atoms with Crippen LogP contribution in [0.3, 0.4) is 0 Å². The summed E-state index contributed by atoms with van der Waals surface area (Å²) in [6.45, 7) is 42.3.